The highest BCUT2D eigenvalue weighted by Gasteiger charge is 2.04. The van der Waals surface area contributed by atoms with Crippen LogP contribution in [0, 0.1) is 0 Å². The molecule has 0 atom stereocenters. The van der Waals surface area contributed by atoms with Crippen LogP contribution in [0.4, 0.5) is 0 Å². The SMILES string of the molecule is CCCCCCCCc1ccc(OCCNS(C)(=O)=O)c(S)c1. The summed E-state index contributed by atoms with van der Waals surface area (Å²) in [6.45, 7) is 2.78. The van der Waals surface area contributed by atoms with Crippen LogP contribution >= 0.6 is 12.6 Å². The molecule has 132 valence electrons. The van der Waals surface area contributed by atoms with Crippen molar-refractivity contribution in [3.8, 4) is 5.75 Å². The summed E-state index contributed by atoms with van der Waals surface area (Å²) in [5, 5.41) is 0. The van der Waals surface area contributed by atoms with E-state index in [2.05, 4.69) is 30.3 Å². The molecule has 0 spiro atoms. The van der Waals surface area contributed by atoms with Gasteiger partial charge in [0.1, 0.15) is 12.4 Å². The number of rotatable bonds is 12. The van der Waals surface area contributed by atoms with E-state index >= 15 is 0 Å². The Morgan fingerprint density at radius 2 is 1.83 bits per heavy atom. The van der Waals surface area contributed by atoms with Crippen LogP contribution in [-0.2, 0) is 16.4 Å². The number of sulfonamides is 1. The second-order valence-corrected chi connectivity index (χ2v) is 8.15. The van der Waals surface area contributed by atoms with E-state index < -0.39 is 10.0 Å². The number of aryl methyl sites for hydroxylation is 1. The van der Waals surface area contributed by atoms with E-state index in [1.807, 2.05) is 12.1 Å². The molecule has 4 nitrogen and oxygen atoms in total. The first-order valence-electron chi connectivity index (χ1n) is 8.31. The molecule has 0 bridgehead atoms. The van der Waals surface area contributed by atoms with Gasteiger partial charge in [0.25, 0.3) is 0 Å². The molecule has 6 heteroatoms. The summed E-state index contributed by atoms with van der Waals surface area (Å²) < 4.78 is 29.9. The molecule has 1 aromatic rings. The standard InChI is InChI=1S/C17H29NO3S2/c1-3-4-5-6-7-8-9-15-10-11-16(17(22)14-15)21-13-12-18-23(2,19)20/h10-11,14,18,22H,3-9,12-13H2,1-2H3. The number of nitrogens with one attached hydrogen (secondary N) is 1. The molecule has 0 aliphatic rings. The monoisotopic (exact) mass is 359 g/mol. The molecular weight excluding hydrogens is 330 g/mol. The van der Waals surface area contributed by atoms with Crippen molar-refractivity contribution in [2.75, 3.05) is 19.4 Å². The lowest BCUT2D eigenvalue weighted by atomic mass is 10.0. The average molecular weight is 360 g/mol. The topological polar surface area (TPSA) is 55.4 Å². The van der Waals surface area contributed by atoms with E-state index in [0.29, 0.717) is 5.75 Å². The number of thiol groups is 1. The Bertz CT molecular complexity index is 559. The van der Waals surface area contributed by atoms with Crippen molar-refractivity contribution in [2.24, 2.45) is 0 Å². The Kier molecular flexibility index (Phi) is 9.67. The number of benzene rings is 1. The minimum Gasteiger partial charge on any atom is -0.491 e. The molecule has 0 aliphatic heterocycles. The molecule has 0 aliphatic carbocycles. The molecule has 1 rings (SSSR count). The Morgan fingerprint density at radius 1 is 1.13 bits per heavy atom. The van der Waals surface area contributed by atoms with Crippen molar-refractivity contribution in [1.29, 1.82) is 0 Å². The summed E-state index contributed by atoms with van der Waals surface area (Å²) in [6.07, 6.45) is 9.94. The fourth-order valence-corrected chi connectivity index (χ4v) is 3.10. The molecule has 0 fully saturated rings. The summed E-state index contributed by atoms with van der Waals surface area (Å²) in [5.74, 6) is 0.690. The van der Waals surface area contributed by atoms with Gasteiger partial charge in [0, 0.05) is 11.4 Å². The molecule has 0 heterocycles. The molecule has 0 unspecified atom stereocenters. The summed E-state index contributed by atoms with van der Waals surface area (Å²) in [4.78, 5) is 0.799. The van der Waals surface area contributed by atoms with Gasteiger partial charge in [0.2, 0.25) is 10.0 Å². The number of hydrogen-bond acceptors (Lipinski definition) is 4. The number of unbranched alkanes of at least 4 members (excludes halogenated alkanes) is 5. The normalized spacial score (nSPS) is 11.6. The zero-order chi connectivity index (χ0) is 17.1. The highest BCUT2D eigenvalue weighted by molar-refractivity contribution is 7.88. The van der Waals surface area contributed by atoms with Gasteiger partial charge in [-0.3, -0.25) is 0 Å². The van der Waals surface area contributed by atoms with Gasteiger partial charge in [-0.25, -0.2) is 13.1 Å². The summed E-state index contributed by atoms with van der Waals surface area (Å²) >= 11 is 4.45. The predicted octanol–water partition coefficient (Wildman–Crippen LogP) is 3.81. The van der Waals surface area contributed by atoms with E-state index in [1.54, 1.807) is 0 Å². The smallest absolute Gasteiger partial charge is 0.208 e. The van der Waals surface area contributed by atoms with Crippen LogP contribution in [-0.4, -0.2) is 27.8 Å². The predicted molar refractivity (Wildman–Crippen MR) is 99.1 cm³/mol. The van der Waals surface area contributed by atoms with Gasteiger partial charge >= 0.3 is 0 Å². The van der Waals surface area contributed by atoms with Crippen molar-refractivity contribution in [3.63, 3.8) is 0 Å². The molecule has 0 saturated heterocycles. The first-order valence-corrected chi connectivity index (χ1v) is 10.7. The van der Waals surface area contributed by atoms with E-state index in [-0.39, 0.29) is 13.2 Å². The molecule has 23 heavy (non-hydrogen) atoms. The molecule has 1 N–H and O–H groups in total. The summed E-state index contributed by atoms with van der Waals surface area (Å²) in [7, 11) is -3.16. The third-order valence-electron chi connectivity index (χ3n) is 3.57. The third kappa shape index (κ3) is 9.89. The fraction of sp³-hybridized carbons (Fsp3) is 0.647. The van der Waals surface area contributed by atoms with Gasteiger partial charge in [-0.2, -0.15) is 0 Å². The van der Waals surface area contributed by atoms with Crippen LogP contribution in [0.5, 0.6) is 5.75 Å². The lowest BCUT2D eigenvalue weighted by Gasteiger charge is -2.10. The highest BCUT2D eigenvalue weighted by Crippen LogP contribution is 2.24. The minimum absolute atomic E-state index is 0.256. The van der Waals surface area contributed by atoms with Crippen molar-refractivity contribution >= 4 is 22.7 Å². The highest BCUT2D eigenvalue weighted by atomic mass is 32.2. The summed E-state index contributed by atoms with van der Waals surface area (Å²) in [5.41, 5.74) is 1.27. The molecule has 0 amide bonds. The Labute approximate surface area is 146 Å². The minimum atomic E-state index is -3.16. The number of hydrogen-bond donors (Lipinski definition) is 2. The molecule has 1 aromatic carbocycles. The zero-order valence-electron chi connectivity index (χ0n) is 14.2. The maximum atomic E-state index is 11.0. The second-order valence-electron chi connectivity index (χ2n) is 5.83. The van der Waals surface area contributed by atoms with Gasteiger partial charge in [-0.1, -0.05) is 45.1 Å². The molecule has 0 aromatic heterocycles. The second kappa shape index (κ2) is 10.9. The van der Waals surface area contributed by atoms with Crippen LogP contribution in [0.15, 0.2) is 23.1 Å². The molecular formula is C17H29NO3S2. The van der Waals surface area contributed by atoms with Gasteiger partial charge in [0.05, 0.1) is 6.26 Å². The van der Waals surface area contributed by atoms with Crippen molar-refractivity contribution in [3.05, 3.63) is 23.8 Å². The Morgan fingerprint density at radius 3 is 2.48 bits per heavy atom. The van der Waals surface area contributed by atoms with Gasteiger partial charge in [-0.15, -0.1) is 12.6 Å². The largest absolute Gasteiger partial charge is 0.491 e. The fourth-order valence-electron chi connectivity index (χ4n) is 2.34. The van der Waals surface area contributed by atoms with Crippen LogP contribution < -0.4 is 9.46 Å². The maximum Gasteiger partial charge on any atom is 0.208 e. The first kappa shape index (κ1) is 20.3. The van der Waals surface area contributed by atoms with Crippen LogP contribution in [0.25, 0.3) is 0 Å². The average Bonchev–Trinajstić information content (AvgIpc) is 2.48. The lowest BCUT2D eigenvalue weighted by molar-refractivity contribution is 0.315. The van der Waals surface area contributed by atoms with Crippen molar-refractivity contribution in [2.45, 2.75) is 56.8 Å². The summed E-state index contributed by atoms with van der Waals surface area (Å²) in [6, 6.07) is 6.01. The Hall–Kier alpha value is -0.720. The quantitative estimate of drug-likeness (QED) is 0.441. The Balaban J connectivity index is 2.30. The lowest BCUT2D eigenvalue weighted by Crippen LogP contribution is -2.26. The van der Waals surface area contributed by atoms with Crippen LogP contribution in [0.2, 0.25) is 0 Å². The van der Waals surface area contributed by atoms with E-state index in [0.717, 1.165) is 17.6 Å². The molecule has 0 saturated carbocycles. The first-order chi connectivity index (χ1) is 10.9. The van der Waals surface area contributed by atoms with E-state index in [4.69, 9.17) is 4.74 Å². The van der Waals surface area contributed by atoms with E-state index in [9.17, 15) is 8.42 Å². The van der Waals surface area contributed by atoms with Crippen LogP contribution in [0.1, 0.15) is 51.0 Å². The zero-order valence-corrected chi connectivity index (χ0v) is 15.9. The third-order valence-corrected chi connectivity index (χ3v) is 4.64. The maximum absolute atomic E-state index is 11.0. The van der Waals surface area contributed by atoms with Gasteiger partial charge < -0.3 is 4.74 Å². The van der Waals surface area contributed by atoms with Crippen molar-refractivity contribution in [1.82, 2.24) is 4.72 Å². The van der Waals surface area contributed by atoms with Gasteiger partial charge in [0.15, 0.2) is 0 Å². The van der Waals surface area contributed by atoms with Gasteiger partial charge in [-0.05, 0) is 30.5 Å². The molecule has 0 radical (unpaired) electrons. The van der Waals surface area contributed by atoms with E-state index in [1.165, 1.54) is 44.1 Å². The number of ether oxygens (including phenoxy) is 1. The van der Waals surface area contributed by atoms with Crippen molar-refractivity contribution < 1.29 is 13.2 Å². The van der Waals surface area contributed by atoms with Crippen LogP contribution in [0.3, 0.4) is 0 Å².